The van der Waals surface area contributed by atoms with Crippen LogP contribution in [0.3, 0.4) is 0 Å². The average Bonchev–Trinajstić information content (AvgIpc) is 3.33. The summed E-state index contributed by atoms with van der Waals surface area (Å²) in [5, 5.41) is 7.97. The number of nitrogens with one attached hydrogen (secondary N) is 2. The zero-order valence-corrected chi connectivity index (χ0v) is 19.4. The molecule has 0 fully saturated rings. The van der Waals surface area contributed by atoms with Gasteiger partial charge in [0.2, 0.25) is 5.13 Å². The Morgan fingerprint density at radius 3 is 2.71 bits per heavy atom. The predicted octanol–water partition coefficient (Wildman–Crippen LogP) is 4.64. The Morgan fingerprint density at radius 1 is 1.23 bits per heavy atom. The van der Waals surface area contributed by atoms with Crippen LogP contribution in [0.15, 0.2) is 62.9 Å². The highest BCUT2D eigenvalue weighted by molar-refractivity contribution is 9.10. The van der Waals surface area contributed by atoms with Gasteiger partial charge in [0.15, 0.2) is 0 Å². The molecule has 0 spiro atoms. The molecular formula is C22H20BrN5O2S. The normalized spacial score (nSPS) is 11.8. The Morgan fingerprint density at radius 2 is 1.97 bits per heavy atom. The van der Waals surface area contributed by atoms with E-state index in [1.54, 1.807) is 25.1 Å². The number of aromatic nitrogens is 3. The summed E-state index contributed by atoms with van der Waals surface area (Å²) in [7, 11) is 0. The van der Waals surface area contributed by atoms with Crippen LogP contribution in [0.5, 0.6) is 0 Å². The van der Waals surface area contributed by atoms with Crippen LogP contribution in [0, 0.1) is 0 Å². The van der Waals surface area contributed by atoms with Gasteiger partial charge in [0.25, 0.3) is 11.5 Å². The highest BCUT2D eigenvalue weighted by Crippen LogP contribution is 2.24. The van der Waals surface area contributed by atoms with Gasteiger partial charge in [-0.15, -0.1) is 0 Å². The molecular weight excluding hydrogens is 478 g/mol. The Bertz CT molecular complexity index is 1320. The molecule has 7 nitrogen and oxygen atoms in total. The molecule has 4 aromatic rings. The number of carbonyl (C=O) groups is 1. The van der Waals surface area contributed by atoms with Crippen molar-refractivity contribution in [2.24, 2.45) is 5.10 Å². The fraction of sp³-hybridized carbons (Fsp3) is 0.182. The quantitative estimate of drug-likeness (QED) is 0.300. The molecule has 0 bridgehead atoms. The van der Waals surface area contributed by atoms with E-state index in [-0.39, 0.29) is 11.5 Å². The van der Waals surface area contributed by atoms with Crippen molar-refractivity contribution in [3.05, 3.63) is 80.2 Å². The van der Waals surface area contributed by atoms with Crippen LogP contribution in [0.4, 0.5) is 0 Å². The summed E-state index contributed by atoms with van der Waals surface area (Å²) in [6, 6.07) is 14.8. The van der Waals surface area contributed by atoms with E-state index in [2.05, 4.69) is 36.5 Å². The van der Waals surface area contributed by atoms with Gasteiger partial charge in [0.1, 0.15) is 0 Å². The Balaban J connectivity index is 1.70. The van der Waals surface area contributed by atoms with Crippen molar-refractivity contribution in [1.82, 2.24) is 20.2 Å². The van der Waals surface area contributed by atoms with E-state index in [1.165, 1.54) is 16.0 Å². The van der Waals surface area contributed by atoms with Gasteiger partial charge in [-0.3, -0.25) is 14.7 Å². The number of aromatic amines is 1. The second-order valence-electron chi connectivity index (χ2n) is 6.94. The van der Waals surface area contributed by atoms with Crippen LogP contribution in [0.1, 0.15) is 41.9 Å². The monoisotopic (exact) mass is 497 g/mol. The molecule has 158 valence electrons. The molecule has 2 aromatic carbocycles. The third kappa shape index (κ3) is 4.24. The Kier molecular flexibility index (Phi) is 6.15. The third-order valence-corrected chi connectivity index (χ3v) is 6.46. The summed E-state index contributed by atoms with van der Waals surface area (Å²) >= 11 is 4.80. The van der Waals surface area contributed by atoms with Gasteiger partial charge in [0.05, 0.1) is 27.1 Å². The van der Waals surface area contributed by atoms with E-state index in [0.29, 0.717) is 32.9 Å². The number of hydrogen-bond acceptors (Lipinski definition) is 5. The minimum atomic E-state index is -0.356. The van der Waals surface area contributed by atoms with Crippen molar-refractivity contribution in [1.29, 1.82) is 0 Å². The first-order chi connectivity index (χ1) is 15.0. The van der Waals surface area contributed by atoms with Gasteiger partial charge in [-0.1, -0.05) is 48.9 Å². The number of benzene rings is 2. The zero-order valence-electron chi connectivity index (χ0n) is 17.0. The molecule has 0 aliphatic rings. The predicted molar refractivity (Wildman–Crippen MR) is 127 cm³/mol. The van der Waals surface area contributed by atoms with Crippen LogP contribution in [-0.2, 0) is 6.42 Å². The smallest absolute Gasteiger partial charge is 0.282 e. The van der Waals surface area contributed by atoms with E-state index >= 15 is 0 Å². The van der Waals surface area contributed by atoms with Gasteiger partial charge in [-0.2, -0.15) is 9.78 Å². The summed E-state index contributed by atoms with van der Waals surface area (Å²) in [6.45, 7) is 3.76. The average molecular weight is 498 g/mol. The van der Waals surface area contributed by atoms with Crippen molar-refractivity contribution < 1.29 is 4.79 Å². The van der Waals surface area contributed by atoms with Crippen molar-refractivity contribution in [3.63, 3.8) is 0 Å². The summed E-state index contributed by atoms with van der Waals surface area (Å²) in [4.78, 5) is 30.3. The zero-order chi connectivity index (χ0) is 22.0. The summed E-state index contributed by atoms with van der Waals surface area (Å²) < 4.78 is 3.13. The summed E-state index contributed by atoms with van der Waals surface area (Å²) in [5.74, 6) is -0.356. The van der Waals surface area contributed by atoms with E-state index < -0.39 is 0 Å². The third-order valence-electron chi connectivity index (χ3n) is 4.74. The van der Waals surface area contributed by atoms with Crippen LogP contribution >= 0.6 is 27.3 Å². The number of amides is 1. The molecule has 31 heavy (non-hydrogen) atoms. The molecule has 2 aromatic heterocycles. The molecule has 0 radical (unpaired) electrons. The SMILES string of the molecule is CCCc1[nH]n(-c2nc3ccccc3s2)c(=O)c1C(C)=NNC(=O)c1ccccc1Br. The van der Waals surface area contributed by atoms with Crippen molar-refractivity contribution in [2.75, 3.05) is 0 Å². The van der Waals surface area contributed by atoms with Crippen LogP contribution in [-0.4, -0.2) is 26.4 Å². The Labute approximate surface area is 190 Å². The molecule has 0 atom stereocenters. The molecule has 0 unspecified atom stereocenters. The van der Waals surface area contributed by atoms with Gasteiger partial charge < -0.3 is 0 Å². The molecule has 0 aliphatic carbocycles. The number of hydrogen-bond donors (Lipinski definition) is 2. The fourth-order valence-electron chi connectivity index (χ4n) is 3.27. The molecule has 0 aliphatic heterocycles. The molecule has 2 heterocycles. The number of H-pyrrole nitrogens is 1. The topological polar surface area (TPSA) is 92.1 Å². The highest BCUT2D eigenvalue weighted by Gasteiger charge is 2.20. The number of rotatable bonds is 6. The number of fused-ring (bicyclic) bond motifs is 1. The maximum Gasteiger partial charge on any atom is 0.282 e. The standard InChI is InChI=1S/C22H20BrN5O2S/c1-3-8-17-19(13(2)25-26-20(29)14-9-4-5-10-15(14)23)21(30)28(27-17)22-24-16-11-6-7-12-18(16)31-22/h4-7,9-12,27H,3,8H2,1-2H3,(H,26,29). The fourth-order valence-corrected chi connectivity index (χ4v) is 4.66. The van der Waals surface area contributed by atoms with Gasteiger partial charge >= 0.3 is 0 Å². The van der Waals surface area contributed by atoms with Crippen LogP contribution in [0.2, 0.25) is 0 Å². The molecule has 9 heteroatoms. The molecule has 0 saturated heterocycles. The number of para-hydroxylation sites is 1. The summed E-state index contributed by atoms with van der Waals surface area (Å²) in [6.07, 6.45) is 1.52. The summed E-state index contributed by atoms with van der Waals surface area (Å²) in [5.41, 5.74) is 5.27. The van der Waals surface area contributed by atoms with Crippen molar-refractivity contribution >= 4 is 49.1 Å². The number of aryl methyl sites for hydroxylation is 1. The van der Waals surface area contributed by atoms with E-state index in [9.17, 15) is 9.59 Å². The number of halogens is 1. The molecule has 1 amide bonds. The number of thiazole rings is 1. The minimum Gasteiger partial charge on any atom is -0.292 e. The number of nitrogens with zero attached hydrogens (tertiary/aromatic N) is 3. The lowest BCUT2D eigenvalue weighted by Gasteiger charge is -2.04. The first kappa shape index (κ1) is 21.2. The van der Waals surface area contributed by atoms with Crippen LogP contribution in [0.25, 0.3) is 15.3 Å². The van der Waals surface area contributed by atoms with E-state index in [4.69, 9.17) is 0 Å². The maximum atomic E-state index is 13.2. The highest BCUT2D eigenvalue weighted by atomic mass is 79.9. The largest absolute Gasteiger partial charge is 0.292 e. The Hall–Kier alpha value is -3.04. The second kappa shape index (κ2) is 8.99. The van der Waals surface area contributed by atoms with Crippen LogP contribution < -0.4 is 11.0 Å². The molecule has 4 rings (SSSR count). The first-order valence-electron chi connectivity index (χ1n) is 9.79. The lowest BCUT2D eigenvalue weighted by Crippen LogP contribution is -2.23. The maximum absolute atomic E-state index is 13.2. The first-order valence-corrected chi connectivity index (χ1v) is 11.4. The van der Waals surface area contributed by atoms with Gasteiger partial charge in [0, 0.05) is 10.2 Å². The minimum absolute atomic E-state index is 0.237. The van der Waals surface area contributed by atoms with E-state index in [0.717, 1.165) is 22.3 Å². The van der Waals surface area contributed by atoms with Crippen molar-refractivity contribution in [3.8, 4) is 5.13 Å². The van der Waals surface area contributed by atoms with E-state index in [1.807, 2.05) is 37.3 Å². The lowest BCUT2D eigenvalue weighted by molar-refractivity contribution is 0.0954. The second-order valence-corrected chi connectivity index (χ2v) is 8.80. The molecule has 2 N–H and O–H groups in total. The van der Waals surface area contributed by atoms with Crippen molar-refractivity contribution in [2.45, 2.75) is 26.7 Å². The number of hydrazone groups is 1. The van der Waals surface area contributed by atoms with Gasteiger partial charge in [-0.25, -0.2) is 10.4 Å². The van der Waals surface area contributed by atoms with Gasteiger partial charge in [-0.05, 0) is 53.5 Å². The number of carbonyl (C=O) groups excluding carboxylic acids is 1. The lowest BCUT2D eigenvalue weighted by atomic mass is 10.1. The molecule has 0 saturated carbocycles.